The maximum atomic E-state index is 4.53. The summed E-state index contributed by atoms with van der Waals surface area (Å²) in [6, 6.07) is 5.52. The molecule has 2 unspecified atom stereocenters. The molecule has 0 radical (unpaired) electrons. The van der Waals surface area contributed by atoms with Gasteiger partial charge < -0.3 is 10.2 Å². The third kappa shape index (κ3) is 2.33. The van der Waals surface area contributed by atoms with Crippen LogP contribution < -0.4 is 10.2 Å². The zero-order valence-electron chi connectivity index (χ0n) is 9.90. The van der Waals surface area contributed by atoms with Crippen LogP contribution in [0.4, 0.5) is 5.82 Å². The molecule has 2 fully saturated rings. The van der Waals surface area contributed by atoms with Crippen LogP contribution in [0.2, 0.25) is 0 Å². The normalized spacial score (nSPS) is 28.9. The van der Waals surface area contributed by atoms with Crippen LogP contribution in [-0.4, -0.2) is 30.2 Å². The second-order valence-electron chi connectivity index (χ2n) is 4.94. The molecule has 0 aromatic carbocycles. The van der Waals surface area contributed by atoms with Crippen LogP contribution in [0.1, 0.15) is 25.7 Å². The van der Waals surface area contributed by atoms with Gasteiger partial charge in [-0.15, -0.1) is 0 Å². The van der Waals surface area contributed by atoms with E-state index in [1.807, 2.05) is 6.20 Å². The van der Waals surface area contributed by atoms with Crippen molar-refractivity contribution >= 4 is 21.7 Å². The fourth-order valence-electron chi connectivity index (χ4n) is 3.07. The Bertz CT molecular complexity index is 373. The molecule has 1 aromatic rings. The Morgan fingerprint density at radius 1 is 1.29 bits per heavy atom. The predicted molar refractivity (Wildman–Crippen MR) is 73.3 cm³/mol. The first-order valence-corrected chi connectivity index (χ1v) is 7.25. The standard InChI is InChI=1S/C13H18BrN3/c14-10-5-6-13(16-9-10)17-8-2-4-12(17)11-3-1-7-15-11/h5-6,9,11-12,15H,1-4,7-8H2. The number of nitrogens with one attached hydrogen (secondary N) is 1. The van der Waals surface area contributed by atoms with Crippen LogP contribution in [0.5, 0.6) is 0 Å². The molecule has 0 amide bonds. The Balaban J connectivity index is 1.78. The molecule has 1 N–H and O–H groups in total. The molecule has 3 nitrogen and oxygen atoms in total. The molecule has 2 saturated heterocycles. The van der Waals surface area contributed by atoms with Crippen LogP contribution >= 0.6 is 15.9 Å². The Labute approximate surface area is 111 Å². The van der Waals surface area contributed by atoms with E-state index in [-0.39, 0.29) is 0 Å². The molecule has 2 atom stereocenters. The van der Waals surface area contributed by atoms with E-state index < -0.39 is 0 Å². The largest absolute Gasteiger partial charge is 0.352 e. The molecule has 3 heterocycles. The molecule has 0 bridgehead atoms. The zero-order chi connectivity index (χ0) is 11.7. The Morgan fingerprint density at radius 2 is 2.24 bits per heavy atom. The summed E-state index contributed by atoms with van der Waals surface area (Å²) < 4.78 is 1.05. The minimum atomic E-state index is 0.645. The van der Waals surface area contributed by atoms with E-state index in [0.29, 0.717) is 12.1 Å². The van der Waals surface area contributed by atoms with Crippen LogP contribution in [0, 0.1) is 0 Å². The van der Waals surface area contributed by atoms with Gasteiger partial charge in [0.1, 0.15) is 5.82 Å². The second-order valence-corrected chi connectivity index (χ2v) is 5.86. The second kappa shape index (κ2) is 4.94. The van der Waals surface area contributed by atoms with Crippen molar-refractivity contribution in [2.24, 2.45) is 0 Å². The third-order valence-electron chi connectivity index (χ3n) is 3.87. The number of hydrogen-bond acceptors (Lipinski definition) is 3. The van der Waals surface area contributed by atoms with Gasteiger partial charge >= 0.3 is 0 Å². The quantitative estimate of drug-likeness (QED) is 0.909. The highest BCUT2D eigenvalue weighted by molar-refractivity contribution is 9.10. The maximum Gasteiger partial charge on any atom is 0.128 e. The number of anilines is 1. The van der Waals surface area contributed by atoms with Crippen LogP contribution in [0.25, 0.3) is 0 Å². The lowest BCUT2D eigenvalue weighted by molar-refractivity contribution is 0.481. The number of pyridine rings is 1. The van der Waals surface area contributed by atoms with Gasteiger partial charge in [0.15, 0.2) is 0 Å². The Kier molecular flexibility index (Phi) is 3.34. The van der Waals surface area contributed by atoms with Gasteiger partial charge in [0.05, 0.1) is 0 Å². The first kappa shape index (κ1) is 11.5. The summed E-state index contributed by atoms with van der Waals surface area (Å²) in [4.78, 5) is 7.01. The lowest BCUT2D eigenvalue weighted by Gasteiger charge is -2.30. The van der Waals surface area contributed by atoms with Crippen molar-refractivity contribution in [2.75, 3.05) is 18.0 Å². The van der Waals surface area contributed by atoms with E-state index in [2.05, 4.69) is 43.3 Å². The highest BCUT2D eigenvalue weighted by atomic mass is 79.9. The topological polar surface area (TPSA) is 28.2 Å². The van der Waals surface area contributed by atoms with Crippen LogP contribution in [-0.2, 0) is 0 Å². The van der Waals surface area contributed by atoms with E-state index in [1.54, 1.807) is 0 Å². The number of halogens is 1. The molecule has 0 saturated carbocycles. The summed E-state index contributed by atoms with van der Waals surface area (Å²) >= 11 is 3.44. The van der Waals surface area contributed by atoms with Gasteiger partial charge in [0.25, 0.3) is 0 Å². The first-order chi connectivity index (χ1) is 8.34. The van der Waals surface area contributed by atoms with E-state index in [9.17, 15) is 0 Å². The van der Waals surface area contributed by atoms with Crippen molar-refractivity contribution in [3.8, 4) is 0 Å². The summed E-state index contributed by atoms with van der Waals surface area (Å²) in [5.41, 5.74) is 0. The Morgan fingerprint density at radius 3 is 2.94 bits per heavy atom. The molecule has 2 aliphatic rings. The molecule has 1 aromatic heterocycles. The lowest BCUT2D eigenvalue weighted by atomic mass is 10.0. The highest BCUT2D eigenvalue weighted by Gasteiger charge is 2.33. The number of rotatable bonds is 2. The average molecular weight is 296 g/mol. The van der Waals surface area contributed by atoms with Gasteiger partial charge in [-0.3, -0.25) is 0 Å². The van der Waals surface area contributed by atoms with Gasteiger partial charge in [-0.2, -0.15) is 0 Å². The molecule has 92 valence electrons. The minimum Gasteiger partial charge on any atom is -0.352 e. The molecule has 3 rings (SSSR count). The molecule has 17 heavy (non-hydrogen) atoms. The molecular weight excluding hydrogens is 278 g/mol. The van der Waals surface area contributed by atoms with E-state index in [4.69, 9.17) is 0 Å². The molecule has 0 aliphatic carbocycles. The lowest BCUT2D eigenvalue weighted by Crippen LogP contribution is -2.44. The number of aromatic nitrogens is 1. The number of nitrogens with zero attached hydrogens (tertiary/aromatic N) is 2. The summed E-state index contributed by atoms with van der Waals surface area (Å²) in [7, 11) is 0. The third-order valence-corrected chi connectivity index (χ3v) is 4.34. The molecule has 0 spiro atoms. The SMILES string of the molecule is Brc1ccc(N2CCCC2C2CCCN2)nc1. The van der Waals surface area contributed by atoms with Crippen molar-refractivity contribution < 1.29 is 0 Å². The monoisotopic (exact) mass is 295 g/mol. The first-order valence-electron chi connectivity index (χ1n) is 6.46. The van der Waals surface area contributed by atoms with Gasteiger partial charge in [-0.1, -0.05) is 0 Å². The maximum absolute atomic E-state index is 4.53. The van der Waals surface area contributed by atoms with Crippen LogP contribution in [0.3, 0.4) is 0 Å². The van der Waals surface area contributed by atoms with Crippen molar-refractivity contribution in [1.29, 1.82) is 0 Å². The van der Waals surface area contributed by atoms with E-state index >= 15 is 0 Å². The van der Waals surface area contributed by atoms with Gasteiger partial charge in [-0.25, -0.2) is 4.98 Å². The summed E-state index contributed by atoms with van der Waals surface area (Å²) in [6.45, 7) is 2.33. The summed E-state index contributed by atoms with van der Waals surface area (Å²) in [5, 5.41) is 3.63. The highest BCUT2D eigenvalue weighted by Crippen LogP contribution is 2.29. The van der Waals surface area contributed by atoms with Crippen molar-refractivity contribution in [2.45, 2.75) is 37.8 Å². The number of hydrogen-bond donors (Lipinski definition) is 1. The van der Waals surface area contributed by atoms with Gasteiger partial charge in [0.2, 0.25) is 0 Å². The summed E-state index contributed by atoms with van der Waals surface area (Å²) in [5.74, 6) is 1.13. The fourth-order valence-corrected chi connectivity index (χ4v) is 3.31. The fraction of sp³-hybridized carbons (Fsp3) is 0.615. The summed E-state index contributed by atoms with van der Waals surface area (Å²) in [6.07, 6.45) is 7.13. The van der Waals surface area contributed by atoms with Gasteiger partial charge in [-0.05, 0) is 60.3 Å². The zero-order valence-corrected chi connectivity index (χ0v) is 11.5. The molecular formula is C13H18BrN3. The smallest absolute Gasteiger partial charge is 0.128 e. The van der Waals surface area contributed by atoms with Crippen molar-refractivity contribution in [3.63, 3.8) is 0 Å². The van der Waals surface area contributed by atoms with E-state index in [0.717, 1.165) is 16.8 Å². The van der Waals surface area contributed by atoms with Crippen molar-refractivity contribution in [3.05, 3.63) is 22.8 Å². The van der Waals surface area contributed by atoms with Crippen LogP contribution in [0.15, 0.2) is 22.8 Å². The van der Waals surface area contributed by atoms with Gasteiger partial charge in [0, 0.05) is 29.3 Å². The molecule has 4 heteroatoms. The predicted octanol–water partition coefficient (Wildman–Crippen LogP) is 2.56. The molecule has 2 aliphatic heterocycles. The Hall–Kier alpha value is -0.610. The van der Waals surface area contributed by atoms with Crippen molar-refractivity contribution in [1.82, 2.24) is 10.3 Å². The van der Waals surface area contributed by atoms with E-state index in [1.165, 1.54) is 32.2 Å². The average Bonchev–Trinajstić information content (AvgIpc) is 3.00. The minimum absolute atomic E-state index is 0.645.